The van der Waals surface area contributed by atoms with Gasteiger partial charge in [0.25, 0.3) is 0 Å². The molecule has 1 fully saturated rings. The minimum Gasteiger partial charge on any atom is -0.412 e. The van der Waals surface area contributed by atoms with Crippen molar-refractivity contribution in [1.29, 1.82) is 0 Å². The Morgan fingerprint density at radius 3 is 2.82 bits per heavy atom. The second-order valence-corrected chi connectivity index (χ2v) is 13.7. The van der Waals surface area contributed by atoms with Crippen molar-refractivity contribution in [2.24, 2.45) is 0 Å². The zero-order valence-corrected chi connectivity index (χ0v) is 18.5. The summed E-state index contributed by atoms with van der Waals surface area (Å²) >= 11 is 0. The first-order chi connectivity index (χ1) is 13.1. The van der Waals surface area contributed by atoms with Gasteiger partial charge in [0.1, 0.15) is 17.8 Å². The van der Waals surface area contributed by atoms with Gasteiger partial charge in [0.15, 0.2) is 8.32 Å². The molecule has 2 aromatic rings. The fourth-order valence-electron chi connectivity index (χ4n) is 3.33. The fourth-order valence-corrected chi connectivity index (χ4v) is 4.68. The molecule has 0 aliphatic carbocycles. The third-order valence-electron chi connectivity index (χ3n) is 5.86. The van der Waals surface area contributed by atoms with Gasteiger partial charge in [-0.2, -0.15) is 0 Å². The first-order valence-electron chi connectivity index (χ1n) is 9.74. The van der Waals surface area contributed by atoms with Gasteiger partial charge in [-0.05, 0) is 36.7 Å². The maximum atomic E-state index is 12.3. The Morgan fingerprint density at radius 1 is 1.39 bits per heavy atom. The smallest absolute Gasteiger partial charge is 0.246 e. The van der Waals surface area contributed by atoms with Crippen molar-refractivity contribution in [3.63, 3.8) is 0 Å². The van der Waals surface area contributed by atoms with Crippen LogP contribution in [0.15, 0.2) is 31.2 Å². The third kappa shape index (κ3) is 4.28. The molecule has 1 amide bonds. The summed E-state index contributed by atoms with van der Waals surface area (Å²) in [5, 5.41) is 4.57. The predicted octanol–water partition coefficient (Wildman–Crippen LogP) is 3.55. The molecule has 2 atom stereocenters. The average Bonchev–Trinajstić information content (AvgIpc) is 3.09. The quantitative estimate of drug-likeness (QED) is 0.591. The minimum atomic E-state index is -1.94. The van der Waals surface area contributed by atoms with Crippen molar-refractivity contribution >= 4 is 31.1 Å². The Balaban J connectivity index is 1.81. The summed E-state index contributed by atoms with van der Waals surface area (Å²) in [5.74, 6) is 0.708. The number of hydrogen-bond donors (Lipinski definition) is 2. The van der Waals surface area contributed by atoms with Crippen LogP contribution in [-0.4, -0.2) is 59.3 Å². The van der Waals surface area contributed by atoms with Gasteiger partial charge in [0.2, 0.25) is 5.91 Å². The average molecular weight is 402 g/mol. The van der Waals surface area contributed by atoms with Crippen LogP contribution >= 0.6 is 0 Å². The highest BCUT2D eigenvalue weighted by Gasteiger charge is 2.41. The van der Waals surface area contributed by atoms with Gasteiger partial charge in [-0.25, -0.2) is 9.97 Å². The molecule has 0 radical (unpaired) electrons. The molecule has 0 bridgehead atoms. The van der Waals surface area contributed by atoms with Crippen LogP contribution in [0.4, 0.5) is 5.82 Å². The monoisotopic (exact) mass is 401 g/mol. The number of nitrogens with one attached hydrogen (secondary N) is 2. The molecule has 0 spiro atoms. The number of amides is 1. The van der Waals surface area contributed by atoms with Gasteiger partial charge in [0, 0.05) is 25.3 Å². The summed E-state index contributed by atoms with van der Waals surface area (Å²) in [6.45, 7) is 16.0. The van der Waals surface area contributed by atoms with E-state index < -0.39 is 8.32 Å². The lowest BCUT2D eigenvalue weighted by molar-refractivity contribution is -0.128. The SMILES string of the molecule is C=CC(=O)N1C[C@H](Nc2ncnc3[nH]ccc23)C[C@@H](O[Si](C)(C)C(C)(C)C)C1. The fraction of sp³-hybridized carbons (Fsp3) is 0.550. The zero-order valence-electron chi connectivity index (χ0n) is 17.5. The summed E-state index contributed by atoms with van der Waals surface area (Å²) in [6.07, 6.45) is 5.58. The summed E-state index contributed by atoms with van der Waals surface area (Å²) in [5.41, 5.74) is 0.793. The van der Waals surface area contributed by atoms with Gasteiger partial charge in [-0.3, -0.25) is 4.79 Å². The predicted molar refractivity (Wildman–Crippen MR) is 115 cm³/mol. The molecule has 2 N–H and O–H groups in total. The van der Waals surface area contributed by atoms with Gasteiger partial charge in [0.05, 0.1) is 11.5 Å². The Morgan fingerprint density at radius 2 is 2.14 bits per heavy atom. The van der Waals surface area contributed by atoms with E-state index in [9.17, 15) is 4.79 Å². The molecule has 1 aliphatic heterocycles. The van der Waals surface area contributed by atoms with Crippen LogP contribution in [0, 0.1) is 0 Å². The van der Waals surface area contributed by atoms with Crippen molar-refractivity contribution < 1.29 is 9.22 Å². The van der Waals surface area contributed by atoms with Crippen molar-refractivity contribution in [2.75, 3.05) is 18.4 Å². The van der Waals surface area contributed by atoms with Crippen LogP contribution in [0.3, 0.4) is 0 Å². The van der Waals surface area contributed by atoms with Crippen LogP contribution in [0.1, 0.15) is 27.2 Å². The zero-order chi connectivity index (χ0) is 20.5. The standard InChI is InChI=1S/C20H31N5O2Si/c1-7-17(26)25-11-14(10-15(12-25)27-28(5,6)20(2,3)4)24-19-16-8-9-21-18(16)22-13-23-19/h7-9,13-15H,1,10-12H2,2-6H3,(H2,21,22,23,24)/t14-,15-/m1/s1. The number of carbonyl (C=O) groups excluding carboxylic acids is 1. The van der Waals surface area contributed by atoms with Crippen molar-refractivity contribution in [3.05, 3.63) is 31.2 Å². The first kappa shape index (κ1) is 20.5. The number of likely N-dealkylation sites (tertiary alicyclic amines) is 1. The van der Waals surface area contributed by atoms with Crippen LogP contribution in [0.25, 0.3) is 11.0 Å². The number of aromatic nitrogens is 3. The summed E-state index contributed by atoms with van der Waals surface area (Å²) < 4.78 is 6.64. The van der Waals surface area contributed by atoms with E-state index in [2.05, 4.69) is 60.7 Å². The maximum absolute atomic E-state index is 12.3. The van der Waals surface area contributed by atoms with Gasteiger partial charge in [-0.15, -0.1) is 0 Å². The lowest BCUT2D eigenvalue weighted by Gasteiger charge is -2.44. The van der Waals surface area contributed by atoms with Gasteiger partial charge in [-0.1, -0.05) is 27.4 Å². The van der Waals surface area contributed by atoms with Crippen LogP contribution in [0.2, 0.25) is 18.1 Å². The summed E-state index contributed by atoms with van der Waals surface area (Å²) in [7, 11) is -1.94. The first-order valence-corrected chi connectivity index (χ1v) is 12.7. The van der Waals surface area contributed by atoms with Crippen molar-refractivity contribution in [3.8, 4) is 0 Å². The van der Waals surface area contributed by atoms with E-state index in [1.54, 1.807) is 6.33 Å². The summed E-state index contributed by atoms with van der Waals surface area (Å²) in [4.78, 5) is 25.9. The number of piperidine rings is 1. The summed E-state index contributed by atoms with van der Waals surface area (Å²) in [6, 6.07) is 2.00. The number of H-pyrrole nitrogens is 1. The lowest BCUT2D eigenvalue weighted by atomic mass is 10.0. The lowest BCUT2D eigenvalue weighted by Crippen LogP contribution is -2.55. The normalized spacial score (nSPS) is 21.0. The van der Waals surface area contributed by atoms with E-state index in [1.165, 1.54) is 6.08 Å². The molecule has 152 valence electrons. The molecule has 1 saturated heterocycles. The van der Waals surface area contributed by atoms with Gasteiger partial charge >= 0.3 is 0 Å². The molecule has 0 saturated carbocycles. The number of nitrogens with zero attached hydrogens (tertiary/aromatic N) is 3. The number of hydrogen-bond acceptors (Lipinski definition) is 5. The maximum Gasteiger partial charge on any atom is 0.246 e. The Bertz CT molecular complexity index is 858. The third-order valence-corrected chi connectivity index (χ3v) is 10.4. The van der Waals surface area contributed by atoms with E-state index in [4.69, 9.17) is 4.43 Å². The second-order valence-electron chi connectivity index (χ2n) is 8.99. The molecule has 3 heterocycles. The highest BCUT2D eigenvalue weighted by atomic mass is 28.4. The van der Waals surface area contributed by atoms with E-state index in [1.807, 2.05) is 17.2 Å². The Hall–Kier alpha value is -2.19. The number of aromatic amines is 1. The second kappa shape index (κ2) is 7.67. The molecule has 7 nitrogen and oxygen atoms in total. The van der Waals surface area contributed by atoms with Gasteiger partial charge < -0.3 is 19.6 Å². The largest absolute Gasteiger partial charge is 0.412 e. The minimum absolute atomic E-state index is 0.0143. The van der Waals surface area contributed by atoms with Crippen molar-refractivity contribution in [1.82, 2.24) is 19.9 Å². The number of carbonyl (C=O) groups is 1. The molecule has 3 rings (SSSR count). The number of rotatable bonds is 5. The topological polar surface area (TPSA) is 83.1 Å². The Kier molecular flexibility index (Phi) is 5.63. The molecule has 28 heavy (non-hydrogen) atoms. The molecular weight excluding hydrogens is 370 g/mol. The number of fused-ring (bicyclic) bond motifs is 1. The molecule has 0 unspecified atom stereocenters. The highest BCUT2D eigenvalue weighted by Crippen LogP contribution is 2.38. The van der Waals surface area contributed by atoms with E-state index in [0.29, 0.717) is 13.1 Å². The van der Waals surface area contributed by atoms with Crippen molar-refractivity contribution in [2.45, 2.75) is 57.5 Å². The Labute approximate surface area is 167 Å². The van der Waals surface area contributed by atoms with Crippen LogP contribution in [-0.2, 0) is 9.22 Å². The van der Waals surface area contributed by atoms with Crippen LogP contribution < -0.4 is 5.32 Å². The molecule has 8 heteroatoms. The van der Waals surface area contributed by atoms with E-state index in [0.717, 1.165) is 23.3 Å². The highest BCUT2D eigenvalue weighted by molar-refractivity contribution is 6.74. The van der Waals surface area contributed by atoms with Crippen LogP contribution in [0.5, 0.6) is 0 Å². The van der Waals surface area contributed by atoms with E-state index in [-0.39, 0.29) is 23.1 Å². The molecular formula is C20H31N5O2Si. The molecule has 1 aliphatic rings. The molecule has 0 aromatic carbocycles. The molecule has 2 aromatic heterocycles. The van der Waals surface area contributed by atoms with E-state index >= 15 is 0 Å². The number of anilines is 1.